The number of nitrogens with two attached hydrogens (primary N) is 1. The zero-order valence-corrected chi connectivity index (χ0v) is 4.76. The molecule has 0 radical (unpaired) electrons. The Balaban J connectivity index is 2.53. The van der Waals surface area contributed by atoms with E-state index >= 15 is 0 Å². The summed E-state index contributed by atoms with van der Waals surface area (Å²) in [6.07, 6.45) is 0. The molecule has 0 aliphatic heterocycles. The number of hydrogen-bond acceptors (Lipinski definition) is 4. The minimum Gasteiger partial charge on any atom is -0.395 e. The molecule has 0 aromatic heterocycles. The molecule has 0 atom stereocenters. The summed E-state index contributed by atoms with van der Waals surface area (Å²) in [7, 11) is 0. The van der Waals surface area contributed by atoms with Gasteiger partial charge in [-0.3, -0.25) is 0 Å². The average Bonchev–Trinajstić information content (AvgIpc) is 1.81. The van der Waals surface area contributed by atoms with Gasteiger partial charge in [-0.15, -0.1) is 0 Å². The van der Waals surface area contributed by atoms with E-state index in [4.69, 9.17) is 10.8 Å². The maximum atomic E-state index is 8.19. The first kappa shape index (κ1) is 7.84. The fraction of sp³-hybridized carbons (Fsp3) is 1.00. The van der Waals surface area contributed by atoms with Crippen LogP contribution in [0.15, 0.2) is 0 Å². The lowest BCUT2D eigenvalue weighted by atomic mass is 10.7. The van der Waals surface area contributed by atoms with E-state index in [2.05, 4.69) is 10.3 Å². The van der Waals surface area contributed by atoms with Crippen LogP contribution in [0.25, 0.3) is 0 Å². The summed E-state index contributed by atoms with van der Waals surface area (Å²) in [5.41, 5.74) is 7.59. The van der Waals surface area contributed by atoms with Crippen molar-refractivity contribution in [1.29, 1.82) is 0 Å². The minimum atomic E-state index is 0.0879. The Labute approximate surface area is 48.6 Å². The summed E-state index contributed by atoms with van der Waals surface area (Å²) >= 11 is 0. The summed E-state index contributed by atoms with van der Waals surface area (Å²) in [5, 5.41) is 8.19. The van der Waals surface area contributed by atoms with Crippen LogP contribution in [0.2, 0.25) is 0 Å². The van der Waals surface area contributed by atoms with Gasteiger partial charge in [0.05, 0.1) is 13.2 Å². The molecule has 50 valence electrons. The molecular formula is C4H12N2O2. The van der Waals surface area contributed by atoms with Crippen LogP contribution in [-0.4, -0.2) is 31.4 Å². The van der Waals surface area contributed by atoms with E-state index in [0.717, 1.165) is 0 Å². The molecule has 0 amide bonds. The Hall–Kier alpha value is -0.160. The van der Waals surface area contributed by atoms with Crippen LogP contribution in [-0.2, 0) is 4.84 Å². The predicted octanol–water partition coefficient (Wildman–Crippen LogP) is -1.54. The van der Waals surface area contributed by atoms with Crippen molar-refractivity contribution < 1.29 is 9.94 Å². The molecule has 0 bridgehead atoms. The Morgan fingerprint density at radius 3 is 2.88 bits per heavy atom. The van der Waals surface area contributed by atoms with Gasteiger partial charge in [0.15, 0.2) is 0 Å². The Bertz CT molecular complexity index is 37.0. The van der Waals surface area contributed by atoms with E-state index < -0.39 is 0 Å². The summed E-state index contributed by atoms with van der Waals surface area (Å²) in [6.45, 7) is 1.53. The summed E-state index contributed by atoms with van der Waals surface area (Å²) in [5.74, 6) is 0. The van der Waals surface area contributed by atoms with Crippen molar-refractivity contribution in [2.45, 2.75) is 0 Å². The third-order valence-corrected chi connectivity index (χ3v) is 0.536. The van der Waals surface area contributed by atoms with Gasteiger partial charge in [0, 0.05) is 13.1 Å². The van der Waals surface area contributed by atoms with Crippen LogP contribution in [0, 0.1) is 0 Å². The summed E-state index contributed by atoms with van der Waals surface area (Å²) in [6, 6.07) is 0. The van der Waals surface area contributed by atoms with Gasteiger partial charge in [-0.1, -0.05) is 0 Å². The average molecular weight is 120 g/mol. The Morgan fingerprint density at radius 1 is 1.62 bits per heavy atom. The molecule has 8 heavy (non-hydrogen) atoms. The molecule has 0 rings (SSSR count). The monoisotopic (exact) mass is 120 g/mol. The van der Waals surface area contributed by atoms with Crippen molar-refractivity contribution in [3.05, 3.63) is 0 Å². The van der Waals surface area contributed by atoms with E-state index in [0.29, 0.717) is 19.7 Å². The highest BCUT2D eigenvalue weighted by atomic mass is 16.6. The van der Waals surface area contributed by atoms with Crippen molar-refractivity contribution in [2.24, 2.45) is 5.73 Å². The first-order valence-corrected chi connectivity index (χ1v) is 2.57. The van der Waals surface area contributed by atoms with Gasteiger partial charge in [-0.05, 0) is 0 Å². The van der Waals surface area contributed by atoms with Crippen LogP contribution < -0.4 is 11.2 Å². The minimum absolute atomic E-state index is 0.0879. The second-order valence-electron chi connectivity index (χ2n) is 1.26. The Kier molecular flexibility index (Phi) is 6.70. The molecule has 0 aliphatic carbocycles. The molecule has 0 aromatic rings. The molecule has 0 aromatic carbocycles. The fourth-order valence-electron chi connectivity index (χ4n) is 0.249. The SMILES string of the molecule is NCCONCCO. The smallest absolute Gasteiger partial charge is 0.0804 e. The van der Waals surface area contributed by atoms with Crippen LogP contribution in [0.5, 0.6) is 0 Å². The van der Waals surface area contributed by atoms with Gasteiger partial charge in [0.1, 0.15) is 0 Å². The van der Waals surface area contributed by atoms with Crippen molar-refractivity contribution in [1.82, 2.24) is 5.48 Å². The largest absolute Gasteiger partial charge is 0.395 e. The molecule has 4 N–H and O–H groups in total. The first-order chi connectivity index (χ1) is 3.91. The summed E-state index contributed by atoms with van der Waals surface area (Å²) < 4.78 is 0. The lowest BCUT2D eigenvalue weighted by Gasteiger charge is -1.99. The Morgan fingerprint density at radius 2 is 2.38 bits per heavy atom. The highest BCUT2D eigenvalue weighted by molar-refractivity contribution is 4.28. The van der Waals surface area contributed by atoms with E-state index in [-0.39, 0.29) is 6.61 Å². The molecule has 0 saturated carbocycles. The number of hydrogen-bond donors (Lipinski definition) is 3. The molecule has 0 heterocycles. The number of rotatable bonds is 5. The molecule has 4 heteroatoms. The number of nitrogens with one attached hydrogen (secondary N) is 1. The number of aliphatic hydroxyl groups is 1. The molecule has 0 fully saturated rings. The van der Waals surface area contributed by atoms with E-state index in [1.807, 2.05) is 0 Å². The van der Waals surface area contributed by atoms with Gasteiger partial charge >= 0.3 is 0 Å². The second kappa shape index (κ2) is 6.84. The molecular weight excluding hydrogens is 108 g/mol. The van der Waals surface area contributed by atoms with Crippen molar-refractivity contribution >= 4 is 0 Å². The fourth-order valence-corrected chi connectivity index (χ4v) is 0.249. The van der Waals surface area contributed by atoms with Crippen molar-refractivity contribution in [3.8, 4) is 0 Å². The number of aliphatic hydroxyl groups excluding tert-OH is 1. The van der Waals surface area contributed by atoms with Crippen LogP contribution in [0.4, 0.5) is 0 Å². The van der Waals surface area contributed by atoms with Crippen LogP contribution in [0.3, 0.4) is 0 Å². The molecule has 0 saturated heterocycles. The maximum Gasteiger partial charge on any atom is 0.0804 e. The standard InChI is InChI=1S/C4H12N2O2/c5-1-4-8-6-2-3-7/h6-7H,1-5H2. The third kappa shape index (κ3) is 5.84. The predicted molar refractivity (Wildman–Crippen MR) is 30.1 cm³/mol. The van der Waals surface area contributed by atoms with Crippen molar-refractivity contribution in [3.63, 3.8) is 0 Å². The lowest BCUT2D eigenvalue weighted by molar-refractivity contribution is 0.0373. The zero-order chi connectivity index (χ0) is 6.24. The molecule has 4 nitrogen and oxygen atoms in total. The van der Waals surface area contributed by atoms with Gasteiger partial charge in [0.2, 0.25) is 0 Å². The van der Waals surface area contributed by atoms with E-state index in [1.54, 1.807) is 0 Å². The first-order valence-electron chi connectivity index (χ1n) is 2.57. The zero-order valence-electron chi connectivity index (χ0n) is 4.76. The van der Waals surface area contributed by atoms with Crippen LogP contribution in [0.1, 0.15) is 0 Å². The van der Waals surface area contributed by atoms with Crippen LogP contribution >= 0.6 is 0 Å². The normalized spacial score (nSPS) is 9.75. The third-order valence-electron chi connectivity index (χ3n) is 0.536. The molecule has 0 unspecified atom stereocenters. The molecule has 0 aliphatic rings. The summed E-state index contributed by atoms with van der Waals surface area (Å²) in [4.78, 5) is 4.69. The quantitative estimate of drug-likeness (QED) is 0.304. The topological polar surface area (TPSA) is 67.5 Å². The highest BCUT2D eigenvalue weighted by Crippen LogP contribution is 1.60. The highest BCUT2D eigenvalue weighted by Gasteiger charge is 1.80. The van der Waals surface area contributed by atoms with Gasteiger partial charge in [-0.2, -0.15) is 0 Å². The van der Waals surface area contributed by atoms with E-state index in [9.17, 15) is 0 Å². The van der Waals surface area contributed by atoms with Crippen molar-refractivity contribution in [2.75, 3.05) is 26.3 Å². The number of hydroxylamine groups is 1. The van der Waals surface area contributed by atoms with Gasteiger partial charge in [-0.25, -0.2) is 5.48 Å². The lowest BCUT2D eigenvalue weighted by Crippen LogP contribution is -2.22. The van der Waals surface area contributed by atoms with E-state index in [1.165, 1.54) is 0 Å². The maximum absolute atomic E-state index is 8.19. The van der Waals surface area contributed by atoms with Gasteiger partial charge in [0.25, 0.3) is 0 Å². The van der Waals surface area contributed by atoms with Gasteiger partial charge < -0.3 is 15.7 Å². The second-order valence-corrected chi connectivity index (χ2v) is 1.26. The molecule has 0 spiro atoms.